The third-order valence-electron chi connectivity index (χ3n) is 6.65. The van der Waals surface area contributed by atoms with Gasteiger partial charge in [0.15, 0.2) is 0 Å². The van der Waals surface area contributed by atoms with Crippen LogP contribution in [0, 0.1) is 11.8 Å². The minimum atomic E-state index is -0.353. The van der Waals surface area contributed by atoms with Crippen LogP contribution in [0.3, 0.4) is 0 Å². The first-order valence-electron chi connectivity index (χ1n) is 11.1. The van der Waals surface area contributed by atoms with E-state index in [1.165, 1.54) is 6.42 Å². The second-order valence-corrected chi connectivity index (χ2v) is 9.80. The zero-order chi connectivity index (χ0) is 22.1. The van der Waals surface area contributed by atoms with E-state index in [0.29, 0.717) is 43.0 Å². The van der Waals surface area contributed by atoms with E-state index in [1.54, 1.807) is 23.1 Å². The van der Waals surface area contributed by atoms with Gasteiger partial charge in [-0.15, -0.1) is 0 Å². The number of carbonyl (C=O) groups is 4. The van der Waals surface area contributed by atoms with Crippen LogP contribution in [-0.4, -0.2) is 71.1 Å². The van der Waals surface area contributed by atoms with Crippen molar-refractivity contribution in [2.45, 2.75) is 39.0 Å². The van der Waals surface area contributed by atoms with Gasteiger partial charge in [0.2, 0.25) is 11.8 Å². The largest absolute Gasteiger partial charge is 0.343 e. The molecule has 0 spiro atoms. The number of nitrogens with zero attached hydrogens (tertiary/aromatic N) is 3. The van der Waals surface area contributed by atoms with Gasteiger partial charge in [-0.2, -0.15) is 0 Å². The molecule has 1 unspecified atom stereocenters. The number of carbonyl (C=O) groups excluding carboxylic acids is 4. The maximum Gasteiger partial charge on any atom is 0.261 e. The highest BCUT2D eigenvalue weighted by molar-refractivity contribution is 9.10. The topological polar surface area (TPSA) is 78.0 Å². The first-order valence-corrected chi connectivity index (χ1v) is 11.9. The molecule has 0 radical (unpaired) electrons. The van der Waals surface area contributed by atoms with Crippen LogP contribution in [0.5, 0.6) is 0 Å². The van der Waals surface area contributed by atoms with Crippen molar-refractivity contribution in [3.05, 3.63) is 33.8 Å². The van der Waals surface area contributed by atoms with Crippen LogP contribution in [0.15, 0.2) is 22.7 Å². The third kappa shape index (κ3) is 4.54. The number of hydrogen-bond donors (Lipinski definition) is 0. The van der Waals surface area contributed by atoms with Crippen LogP contribution in [0.2, 0.25) is 0 Å². The number of fused-ring (bicyclic) bond motifs is 1. The van der Waals surface area contributed by atoms with Gasteiger partial charge >= 0.3 is 0 Å². The van der Waals surface area contributed by atoms with Crippen molar-refractivity contribution in [1.82, 2.24) is 14.7 Å². The Balaban J connectivity index is 1.27. The van der Waals surface area contributed by atoms with Crippen LogP contribution in [0.4, 0.5) is 0 Å². The van der Waals surface area contributed by atoms with Gasteiger partial charge in [0, 0.05) is 49.5 Å². The minimum absolute atomic E-state index is 0.0102. The summed E-state index contributed by atoms with van der Waals surface area (Å²) >= 11 is 3.32. The zero-order valence-electron chi connectivity index (χ0n) is 17.8. The van der Waals surface area contributed by atoms with Crippen molar-refractivity contribution in [2.75, 3.05) is 32.7 Å². The molecule has 3 heterocycles. The second kappa shape index (κ2) is 9.10. The Labute approximate surface area is 190 Å². The number of amides is 4. The summed E-state index contributed by atoms with van der Waals surface area (Å²) in [4.78, 5) is 55.5. The van der Waals surface area contributed by atoms with Gasteiger partial charge in [-0.05, 0) is 49.8 Å². The molecule has 166 valence electrons. The lowest BCUT2D eigenvalue weighted by Gasteiger charge is -2.37. The van der Waals surface area contributed by atoms with Crippen molar-refractivity contribution in [2.24, 2.45) is 11.8 Å². The standard InChI is InChI=1S/C23H28BrN3O4/c1-15-3-2-9-26(14-15)21(29)16-6-10-25(11-7-16)20(28)8-12-27-22(30)18-5-4-17(24)13-19(18)23(27)31/h4-5,13,15-16H,2-3,6-12,14H2,1H3. The molecule has 31 heavy (non-hydrogen) atoms. The summed E-state index contributed by atoms with van der Waals surface area (Å²) in [6.45, 7) is 5.05. The van der Waals surface area contributed by atoms with Crippen molar-refractivity contribution in [3.8, 4) is 0 Å². The lowest BCUT2D eigenvalue weighted by molar-refractivity contribution is -0.142. The maximum atomic E-state index is 12.8. The van der Waals surface area contributed by atoms with Gasteiger partial charge in [-0.25, -0.2) is 0 Å². The van der Waals surface area contributed by atoms with Crippen molar-refractivity contribution < 1.29 is 19.2 Å². The molecule has 2 saturated heterocycles. The van der Waals surface area contributed by atoms with Crippen LogP contribution < -0.4 is 0 Å². The molecule has 0 N–H and O–H groups in total. The van der Waals surface area contributed by atoms with E-state index in [9.17, 15) is 19.2 Å². The highest BCUT2D eigenvalue weighted by Crippen LogP contribution is 2.27. The van der Waals surface area contributed by atoms with E-state index in [0.717, 1.165) is 28.9 Å². The van der Waals surface area contributed by atoms with E-state index in [1.807, 2.05) is 4.90 Å². The molecule has 0 bridgehead atoms. The van der Waals surface area contributed by atoms with E-state index in [-0.39, 0.29) is 42.5 Å². The average Bonchev–Trinajstić information content (AvgIpc) is 3.00. The number of rotatable bonds is 4. The quantitative estimate of drug-likeness (QED) is 0.609. The highest BCUT2D eigenvalue weighted by Gasteiger charge is 2.36. The minimum Gasteiger partial charge on any atom is -0.343 e. The van der Waals surface area contributed by atoms with E-state index in [2.05, 4.69) is 22.9 Å². The summed E-state index contributed by atoms with van der Waals surface area (Å²) < 4.78 is 0.738. The summed E-state index contributed by atoms with van der Waals surface area (Å²) in [6, 6.07) is 5.00. The maximum absolute atomic E-state index is 12.8. The van der Waals surface area contributed by atoms with E-state index < -0.39 is 0 Å². The molecule has 0 aromatic heterocycles. The Morgan fingerprint density at radius 3 is 2.42 bits per heavy atom. The Bertz CT molecular complexity index is 910. The fourth-order valence-corrected chi connectivity index (χ4v) is 5.22. The zero-order valence-corrected chi connectivity index (χ0v) is 19.4. The highest BCUT2D eigenvalue weighted by atomic mass is 79.9. The van der Waals surface area contributed by atoms with Crippen LogP contribution >= 0.6 is 15.9 Å². The second-order valence-electron chi connectivity index (χ2n) is 8.89. The number of benzene rings is 1. The summed E-state index contributed by atoms with van der Waals surface area (Å²) in [5, 5.41) is 0. The Kier molecular flexibility index (Phi) is 6.46. The predicted octanol–water partition coefficient (Wildman–Crippen LogP) is 2.93. The molecule has 8 heteroatoms. The SMILES string of the molecule is CC1CCCN(C(=O)C2CCN(C(=O)CCN3C(=O)c4ccc(Br)cc4C3=O)CC2)C1. The molecule has 1 atom stereocenters. The molecule has 3 aliphatic rings. The number of halogens is 1. The van der Waals surface area contributed by atoms with Crippen LogP contribution in [-0.2, 0) is 9.59 Å². The summed E-state index contributed by atoms with van der Waals surface area (Å²) in [7, 11) is 0. The van der Waals surface area contributed by atoms with Gasteiger partial charge < -0.3 is 9.80 Å². The number of hydrogen-bond acceptors (Lipinski definition) is 4. The lowest BCUT2D eigenvalue weighted by atomic mass is 9.92. The van der Waals surface area contributed by atoms with Crippen molar-refractivity contribution in [3.63, 3.8) is 0 Å². The first kappa shape index (κ1) is 22.0. The van der Waals surface area contributed by atoms with Gasteiger partial charge in [0.1, 0.15) is 0 Å². The predicted molar refractivity (Wildman–Crippen MR) is 118 cm³/mol. The number of piperidine rings is 2. The normalized spacial score (nSPS) is 22.1. The molecule has 0 aliphatic carbocycles. The Morgan fingerprint density at radius 1 is 1.00 bits per heavy atom. The van der Waals surface area contributed by atoms with Crippen molar-refractivity contribution >= 4 is 39.6 Å². The molecule has 3 aliphatic heterocycles. The molecule has 4 amide bonds. The molecule has 4 rings (SSSR count). The van der Waals surface area contributed by atoms with Gasteiger partial charge in [0.25, 0.3) is 11.8 Å². The summed E-state index contributed by atoms with van der Waals surface area (Å²) in [5.41, 5.74) is 0.755. The fourth-order valence-electron chi connectivity index (χ4n) is 4.86. The molecule has 0 saturated carbocycles. The van der Waals surface area contributed by atoms with E-state index >= 15 is 0 Å². The first-order chi connectivity index (χ1) is 14.8. The van der Waals surface area contributed by atoms with Gasteiger partial charge in [0.05, 0.1) is 11.1 Å². The molecule has 7 nitrogen and oxygen atoms in total. The molecular formula is C23H28BrN3O4. The average molecular weight is 490 g/mol. The van der Waals surface area contributed by atoms with Gasteiger partial charge in [-0.3, -0.25) is 24.1 Å². The van der Waals surface area contributed by atoms with Crippen LogP contribution in [0.1, 0.15) is 59.7 Å². The third-order valence-corrected chi connectivity index (χ3v) is 7.14. The monoisotopic (exact) mass is 489 g/mol. The van der Waals surface area contributed by atoms with E-state index in [4.69, 9.17) is 0 Å². The molecule has 1 aromatic carbocycles. The molecule has 1 aromatic rings. The van der Waals surface area contributed by atoms with Crippen LogP contribution in [0.25, 0.3) is 0 Å². The Morgan fingerprint density at radius 2 is 1.71 bits per heavy atom. The molecule has 2 fully saturated rings. The number of imide groups is 1. The Hall–Kier alpha value is -2.22. The lowest BCUT2D eigenvalue weighted by Crippen LogP contribution is -2.47. The smallest absolute Gasteiger partial charge is 0.261 e. The fraction of sp³-hybridized carbons (Fsp3) is 0.565. The molecular weight excluding hydrogens is 462 g/mol. The summed E-state index contributed by atoms with van der Waals surface area (Å²) in [6.07, 6.45) is 3.71. The van der Waals surface area contributed by atoms with Crippen molar-refractivity contribution in [1.29, 1.82) is 0 Å². The van der Waals surface area contributed by atoms with Gasteiger partial charge in [-0.1, -0.05) is 22.9 Å². The number of likely N-dealkylation sites (tertiary alicyclic amines) is 2. The summed E-state index contributed by atoms with van der Waals surface area (Å²) in [5.74, 6) is 0.00672.